The monoisotopic (exact) mass is 440 g/mol. The van der Waals surface area contributed by atoms with Crippen molar-refractivity contribution in [3.63, 3.8) is 0 Å². The van der Waals surface area contributed by atoms with Crippen LogP contribution < -0.4 is 4.90 Å². The van der Waals surface area contributed by atoms with Crippen molar-refractivity contribution in [2.75, 3.05) is 18.0 Å². The molecule has 2 unspecified atom stereocenters. The van der Waals surface area contributed by atoms with E-state index >= 15 is 0 Å². The van der Waals surface area contributed by atoms with Crippen molar-refractivity contribution in [3.05, 3.63) is 64.2 Å². The number of ether oxygens (including phenoxy) is 1. The number of aryl methyl sites for hydroxylation is 1. The van der Waals surface area contributed by atoms with E-state index in [0.717, 1.165) is 17.2 Å². The standard InChI is InChI=1S/C22H24ClF3N2O2/c1-14-4-6-17(7-5-14)13-28(21(29)27-11-15(2)30-16(3)12-27)18-8-9-20(23)19(10-18)22(24,25)26/h4-10,15-16H,11-13H2,1-3H3. The second kappa shape index (κ2) is 8.86. The summed E-state index contributed by atoms with van der Waals surface area (Å²) in [5, 5.41) is -0.400. The van der Waals surface area contributed by atoms with Crippen LogP contribution in [0.4, 0.5) is 23.7 Å². The van der Waals surface area contributed by atoms with Crippen molar-refractivity contribution >= 4 is 23.3 Å². The fourth-order valence-electron chi connectivity index (χ4n) is 3.55. The Morgan fingerprint density at radius 1 is 1.13 bits per heavy atom. The zero-order chi connectivity index (χ0) is 22.1. The molecular formula is C22H24ClF3N2O2. The maximum absolute atomic E-state index is 13.4. The molecule has 162 valence electrons. The number of amides is 2. The summed E-state index contributed by atoms with van der Waals surface area (Å²) in [5.41, 5.74) is 1.04. The minimum atomic E-state index is -4.62. The molecule has 1 saturated heterocycles. The van der Waals surface area contributed by atoms with Crippen LogP contribution in [0.25, 0.3) is 0 Å². The summed E-state index contributed by atoms with van der Waals surface area (Å²) in [4.78, 5) is 16.4. The first-order valence-electron chi connectivity index (χ1n) is 9.69. The summed E-state index contributed by atoms with van der Waals surface area (Å²) in [5.74, 6) is 0. The molecule has 0 aliphatic carbocycles. The zero-order valence-electron chi connectivity index (χ0n) is 17.0. The molecule has 1 aliphatic rings. The second-order valence-electron chi connectivity index (χ2n) is 7.68. The number of halogens is 4. The number of alkyl halides is 3. The number of anilines is 1. The Morgan fingerprint density at radius 3 is 2.30 bits per heavy atom. The molecule has 30 heavy (non-hydrogen) atoms. The highest BCUT2D eigenvalue weighted by Crippen LogP contribution is 2.37. The molecule has 0 saturated carbocycles. The van der Waals surface area contributed by atoms with Gasteiger partial charge < -0.3 is 9.64 Å². The third kappa shape index (κ3) is 5.26. The molecule has 2 aromatic rings. The third-order valence-electron chi connectivity index (χ3n) is 4.95. The van der Waals surface area contributed by atoms with Crippen molar-refractivity contribution in [1.82, 2.24) is 4.90 Å². The highest BCUT2D eigenvalue weighted by Gasteiger charge is 2.35. The van der Waals surface area contributed by atoms with E-state index in [4.69, 9.17) is 16.3 Å². The number of morpholine rings is 1. The maximum Gasteiger partial charge on any atom is 0.417 e. The van der Waals surface area contributed by atoms with Gasteiger partial charge in [0.25, 0.3) is 0 Å². The van der Waals surface area contributed by atoms with E-state index in [-0.39, 0.29) is 30.5 Å². The maximum atomic E-state index is 13.4. The normalized spacial score (nSPS) is 19.6. The van der Waals surface area contributed by atoms with Crippen LogP contribution in [0.3, 0.4) is 0 Å². The Hall–Kier alpha value is -2.25. The van der Waals surface area contributed by atoms with E-state index < -0.39 is 16.8 Å². The van der Waals surface area contributed by atoms with Crippen LogP contribution in [-0.4, -0.2) is 36.2 Å². The van der Waals surface area contributed by atoms with Gasteiger partial charge in [0.2, 0.25) is 0 Å². The minimum Gasteiger partial charge on any atom is -0.372 e. The molecule has 3 rings (SSSR count). The molecule has 4 nitrogen and oxygen atoms in total. The van der Waals surface area contributed by atoms with Crippen LogP contribution in [-0.2, 0) is 17.5 Å². The van der Waals surface area contributed by atoms with Gasteiger partial charge >= 0.3 is 12.2 Å². The molecular weight excluding hydrogens is 417 g/mol. The zero-order valence-corrected chi connectivity index (χ0v) is 17.8. The van der Waals surface area contributed by atoms with Crippen molar-refractivity contribution < 1.29 is 22.7 Å². The molecule has 0 spiro atoms. The Balaban J connectivity index is 1.99. The molecule has 2 atom stereocenters. The van der Waals surface area contributed by atoms with Gasteiger partial charge in [-0.2, -0.15) is 13.2 Å². The number of hydrogen-bond donors (Lipinski definition) is 0. The number of benzene rings is 2. The summed E-state index contributed by atoms with van der Waals surface area (Å²) in [6, 6.07) is 10.7. The summed E-state index contributed by atoms with van der Waals surface area (Å²) in [7, 11) is 0. The van der Waals surface area contributed by atoms with Gasteiger partial charge in [0.1, 0.15) is 0 Å². The predicted octanol–water partition coefficient (Wildman–Crippen LogP) is 5.90. The number of carbonyl (C=O) groups is 1. The van der Waals surface area contributed by atoms with Crippen molar-refractivity contribution in [2.24, 2.45) is 0 Å². The third-order valence-corrected chi connectivity index (χ3v) is 5.28. The van der Waals surface area contributed by atoms with Crippen molar-refractivity contribution in [2.45, 2.75) is 45.7 Å². The molecule has 0 N–H and O–H groups in total. The van der Waals surface area contributed by atoms with E-state index in [1.54, 1.807) is 4.90 Å². The number of carbonyl (C=O) groups excluding carboxylic acids is 1. The molecule has 0 aromatic heterocycles. The predicted molar refractivity (Wildman–Crippen MR) is 111 cm³/mol. The average Bonchev–Trinajstić information content (AvgIpc) is 2.66. The van der Waals surface area contributed by atoms with Gasteiger partial charge in [0.15, 0.2) is 0 Å². The van der Waals surface area contributed by atoms with Crippen LogP contribution in [0.5, 0.6) is 0 Å². The van der Waals surface area contributed by atoms with Crippen LogP contribution >= 0.6 is 11.6 Å². The summed E-state index contributed by atoms with van der Waals surface area (Å²) in [6.45, 7) is 6.55. The quantitative estimate of drug-likeness (QED) is 0.595. The Labute approximate surface area is 179 Å². The SMILES string of the molecule is Cc1ccc(CN(C(=O)N2CC(C)OC(C)C2)c2ccc(Cl)c(C(F)(F)F)c2)cc1. The van der Waals surface area contributed by atoms with Crippen LogP contribution in [0.15, 0.2) is 42.5 Å². The van der Waals surface area contributed by atoms with Crippen LogP contribution in [0.1, 0.15) is 30.5 Å². The Bertz CT molecular complexity index is 892. The van der Waals surface area contributed by atoms with Gasteiger partial charge in [-0.05, 0) is 44.5 Å². The van der Waals surface area contributed by atoms with E-state index in [2.05, 4.69) is 0 Å². The van der Waals surface area contributed by atoms with Gasteiger partial charge in [0.05, 0.1) is 29.3 Å². The topological polar surface area (TPSA) is 32.8 Å². The highest BCUT2D eigenvalue weighted by molar-refractivity contribution is 6.31. The highest BCUT2D eigenvalue weighted by atomic mass is 35.5. The summed E-state index contributed by atoms with van der Waals surface area (Å²) in [6.07, 6.45) is -4.93. The number of urea groups is 1. The number of rotatable bonds is 3. The molecule has 0 radical (unpaired) electrons. The molecule has 1 aliphatic heterocycles. The number of nitrogens with zero attached hydrogens (tertiary/aromatic N) is 2. The van der Waals surface area contributed by atoms with Gasteiger partial charge in [-0.25, -0.2) is 4.79 Å². The molecule has 8 heteroatoms. The van der Waals surface area contributed by atoms with E-state index in [1.165, 1.54) is 17.0 Å². The Kier molecular flexibility index (Phi) is 6.62. The number of hydrogen-bond acceptors (Lipinski definition) is 2. The average molecular weight is 441 g/mol. The summed E-state index contributed by atoms with van der Waals surface area (Å²) >= 11 is 5.78. The van der Waals surface area contributed by atoms with Crippen molar-refractivity contribution in [3.8, 4) is 0 Å². The molecule has 0 bridgehead atoms. The largest absolute Gasteiger partial charge is 0.417 e. The van der Waals surface area contributed by atoms with E-state index in [0.29, 0.717) is 13.1 Å². The van der Waals surface area contributed by atoms with Gasteiger partial charge in [0, 0.05) is 18.8 Å². The minimum absolute atomic E-state index is 0.137. The first kappa shape index (κ1) is 22.4. The van der Waals surface area contributed by atoms with Crippen LogP contribution in [0.2, 0.25) is 5.02 Å². The smallest absolute Gasteiger partial charge is 0.372 e. The first-order valence-corrected chi connectivity index (χ1v) is 10.1. The molecule has 2 amide bonds. The van der Waals surface area contributed by atoms with Gasteiger partial charge in [-0.3, -0.25) is 4.90 Å². The molecule has 1 heterocycles. The van der Waals surface area contributed by atoms with E-state index in [9.17, 15) is 18.0 Å². The van der Waals surface area contributed by atoms with Gasteiger partial charge in [-0.1, -0.05) is 41.4 Å². The van der Waals surface area contributed by atoms with E-state index in [1.807, 2.05) is 45.0 Å². The summed E-state index contributed by atoms with van der Waals surface area (Å²) < 4.78 is 45.9. The van der Waals surface area contributed by atoms with Crippen molar-refractivity contribution in [1.29, 1.82) is 0 Å². The van der Waals surface area contributed by atoms with Crippen LogP contribution in [0, 0.1) is 6.92 Å². The second-order valence-corrected chi connectivity index (χ2v) is 8.09. The molecule has 1 fully saturated rings. The lowest BCUT2D eigenvalue weighted by molar-refractivity contribution is -0.137. The lowest BCUT2D eigenvalue weighted by Gasteiger charge is -2.38. The Morgan fingerprint density at radius 2 is 1.73 bits per heavy atom. The molecule has 2 aromatic carbocycles. The lowest BCUT2D eigenvalue weighted by atomic mass is 10.1. The lowest BCUT2D eigenvalue weighted by Crippen LogP contribution is -2.52. The van der Waals surface area contributed by atoms with Gasteiger partial charge in [-0.15, -0.1) is 0 Å². The fourth-order valence-corrected chi connectivity index (χ4v) is 3.77. The fraction of sp³-hybridized carbons (Fsp3) is 0.409. The first-order chi connectivity index (χ1) is 14.0.